The molecule has 0 aromatic carbocycles. The Labute approximate surface area is 148 Å². The highest BCUT2D eigenvalue weighted by Gasteiger charge is 2.28. The minimum absolute atomic E-state index is 0.0204. The smallest absolute Gasteiger partial charge is 0.372 e. The maximum atomic E-state index is 12.3. The van der Waals surface area contributed by atoms with Gasteiger partial charge in [-0.1, -0.05) is 6.07 Å². The summed E-state index contributed by atoms with van der Waals surface area (Å²) in [5.74, 6) is 0.134. The van der Waals surface area contributed by atoms with Crippen molar-refractivity contribution in [3.05, 3.63) is 58.7 Å². The van der Waals surface area contributed by atoms with Crippen LogP contribution in [0, 0.1) is 10.1 Å². The summed E-state index contributed by atoms with van der Waals surface area (Å²) in [4.78, 5) is 29.5. The van der Waals surface area contributed by atoms with Gasteiger partial charge in [0.2, 0.25) is 11.5 Å². The fourth-order valence-corrected chi connectivity index (χ4v) is 3.24. The number of nitro groups is 1. The summed E-state index contributed by atoms with van der Waals surface area (Å²) in [6.07, 6.45) is 5.91. The molecule has 3 aromatic rings. The summed E-state index contributed by atoms with van der Waals surface area (Å²) >= 11 is 0. The number of furan rings is 1. The van der Waals surface area contributed by atoms with Crippen LogP contribution in [0.5, 0.6) is 0 Å². The van der Waals surface area contributed by atoms with Crippen LogP contribution in [0.4, 0.5) is 11.6 Å². The van der Waals surface area contributed by atoms with Crippen LogP contribution >= 0.6 is 0 Å². The van der Waals surface area contributed by atoms with E-state index >= 15 is 0 Å². The van der Waals surface area contributed by atoms with Crippen LogP contribution in [0.25, 0.3) is 5.65 Å². The van der Waals surface area contributed by atoms with E-state index in [9.17, 15) is 14.9 Å². The molecule has 26 heavy (non-hydrogen) atoms. The molecule has 0 aliphatic carbocycles. The molecule has 1 aliphatic heterocycles. The molecule has 1 saturated heterocycles. The van der Waals surface area contributed by atoms with Crippen molar-refractivity contribution in [3.63, 3.8) is 0 Å². The summed E-state index contributed by atoms with van der Waals surface area (Å²) < 4.78 is 6.41. The number of anilines is 1. The van der Waals surface area contributed by atoms with Gasteiger partial charge in [0, 0.05) is 25.2 Å². The number of aromatic nitrogens is 2. The lowest BCUT2D eigenvalue weighted by molar-refractivity contribution is -0.389. The molecule has 9 nitrogen and oxygen atoms in total. The highest BCUT2D eigenvalue weighted by molar-refractivity contribution is 5.93. The second kappa shape index (κ2) is 6.51. The first-order valence-corrected chi connectivity index (χ1v) is 8.33. The number of piperidine rings is 1. The summed E-state index contributed by atoms with van der Waals surface area (Å²) in [7, 11) is 0. The van der Waals surface area contributed by atoms with E-state index in [1.807, 2.05) is 0 Å². The SMILES string of the molecule is O=C(c1ccoc1)N1CCC(Nc2nc3ccccn3c2[N+](=O)[O-])CC1. The van der Waals surface area contributed by atoms with Crippen LogP contribution in [-0.2, 0) is 0 Å². The van der Waals surface area contributed by atoms with Crippen molar-refractivity contribution in [3.8, 4) is 0 Å². The topological polar surface area (TPSA) is 106 Å². The lowest BCUT2D eigenvalue weighted by Gasteiger charge is -2.32. The van der Waals surface area contributed by atoms with Gasteiger partial charge in [-0.2, -0.15) is 9.38 Å². The Morgan fingerprint density at radius 2 is 2.12 bits per heavy atom. The highest BCUT2D eigenvalue weighted by Crippen LogP contribution is 2.27. The Morgan fingerprint density at radius 1 is 1.31 bits per heavy atom. The number of hydrogen-bond acceptors (Lipinski definition) is 6. The Balaban J connectivity index is 1.46. The van der Waals surface area contributed by atoms with Crippen LogP contribution < -0.4 is 5.32 Å². The Kier molecular flexibility index (Phi) is 4.04. The molecule has 4 rings (SSSR count). The van der Waals surface area contributed by atoms with Crippen LogP contribution in [0.1, 0.15) is 23.2 Å². The first-order valence-electron chi connectivity index (χ1n) is 8.33. The van der Waals surface area contributed by atoms with Gasteiger partial charge < -0.3 is 24.7 Å². The van der Waals surface area contributed by atoms with Crippen molar-refractivity contribution in [1.82, 2.24) is 14.3 Å². The fraction of sp³-hybridized carbons (Fsp3) is 0.294. The maximum Gasteiger partial charge on any atom is 0.372 e. The predicted molar refractivity (Wildman–Crippen MR) is 93.1 cm³/mol. The van der Waals surface area contributed by atoms with Gasteiger partial charge in [-0.15, -0.1) is 0 Å². The number of hydrogen-bond donors (Lipinski definition) is 1. The number of nitrogens with one attached hydrogen (secondary N) is 1. The molecular formula is C17H17N5O4. The molecule has 1 fully saturated rings. The second-order valence-electron chi connectivity index (χ2n) is 6.19. The number of likely N-dealkylation sites (tertiary alicyclic amines) is 1. The summed E-state index contributed by atoms with van der Waals surface area (Å²) in [5.41, 5.74) is 1.06. The number of rotatable bonds is 4. The standard InChI is InChI=1S/C17H17N5O4/c23-17(12-6-10-26-11-12)20-8-4-13(5-9-20)18-15-16(22(24)25)21-7-2-1-3-14(21)19-15/h1-3,6-7,10-11,13,18H,4-5,8-9H2. The number of carbonyl (C=O) groups excluding carboxylic acids is 1. The zero-order valence-electron chi connectivity index (χ0n) is 13.9. The summed E-state index contributed by atoms with van der Waals surface area (Å²) in [6, 6.07) is 6.91. The molecule has 4 heterocycles. The number of fused-ring (bicyclic) bond motifs is 1. The van der Waals surface area contributed by atoms with E-state index < -0.39 is 4.92 Å². The monoisotopic (exact) mass is 355 g/mol. The maximum absolute atomic E-state index is 12.3. The minimum Gasteiger partial charge on any atom is -0.472 e. The van der Waals surface area contributed by atoms with E-state index in [-0.39, 0.29) is 23.6 Å². The van der Waals surface area contributed by atoms with Crippen molar-refractivity contribution in [2.24, 2.45) is 0 Å². The molecule has 134 valence electrons. The van der Waals surface area contributed by atoms with E-state index in [4.69, 9.17) is 4.42 Å². The van der Waals surface area contributed by atoms with Crippen molar-refractivity contribution in [1.29, 1.82) is 0 Å². The number of carbonyl (C=O) groups is 1. The molecule has 0 atom stereocenters. The van der Waals surface area contributed by atoms with E-state index in [1.165, 1.54) is 16.9 Å². The third-order valence-electron chi connectivity index (χ3n) is 4.57. The summed E-state index contributed by atoms with van der Waals surface area (Å²) in [5, 5.41) is 14.6. The fourth-order valence-electron chi connectivity index (χ4n) is 3.24. The van der Waals surface area contributed by atoms with Gasteiger partial charge in [-0.3, -0.25) is 4.79 Å². The average molecular weight is 355 g/mol. The van der Waals surface area contributed by atoms with Gasteiger partial charge in [0.15, 0.2) is 0 Å². The van der Waals surface area contributed by atoms with Crippen LogP contribution in [-0.4, -0.2) is 44.2 Å². The normalized spacial score (nSPS) is 15.3. The molecule has 1 amide bonds. The molecule has 1 N–H and O–H groups in total. The predicted octanol–water partition coefficient (Wildman–Crippen LogP) is 2.55. The molecule has 0 unspecified atom stereocenters. The Bertz CT molecular complexity index is 941. The van der Waals surface area contributed by atoms with E-state index in [2.05, 4.69) is 10.3 Å². The Hall–Kier alpha value is -3.36. The van der Waals surface area contributed by atoms with Gasteiger partial charge in [0.1, 0.15) is 6.26 Å². The van der Waals surface area contributed by atoms with Crippen LogP contribution in [0.2, 0.25) is 0 Å². The second-order valence-corrected chi connectivity index (χ2v) is 6.19. The molecule has 1 aliphatic rings. The Morgan fingerprint density at radius 3 is 2.81 bits per heavy atom. The first kappa shape index (κ1) is 16.1. The van der Waals surface area contributed by atoms with Crippen molar-refractivity contribution in [2.75, 3.05) is 18.4 Å². The number of pyridine rings is 1. The van der Waals surface area contributed by atoms with Crippen LogP contribution in [0.15, 0.2) is 47.4 Å². The molecule has 9 heteroatoms. The molecular weight excluding hydrogens is 338 g/mol. The van der Waals surface area contributed by atoms with Crippen molar-refractivity contribution >= 4 is 23.2 Å². The zero-order chi connectivity index (χ0) is 18.1. The highest BCUT2D eigenvalue weighted by atomic mass is 16.6. The van der Waals surface area contributed by atoms with Gasteiger partial charge in [0.05, 0.1) is 18.0 Å². The zero-order valence-corrected chi connectivity index (χ0v) is 13.9. The van der Waals surface area contributed by atoms with Crippen molar-refractivity contribution < 1.29 is 14.1 Å². The number of amides is 1. The average Bonchev–Trinajstić information content (AvgIpc) is 3.29. The lowest BCUT2D eigenvalue weighted by Crippen LogP contribution is -2.42. The van der Waals surface area contributed by atoms with Gasteiger partial charge in [-0.05, 0) is 29.9 Å². The first-order chi connectivity index (χ1) is 12.6. The quantitative estimate of drug-likeness (QED) is 0.569. The third-order valence-corrected chi connectivity index (χ3v) is 4.57. The molecule has 0 radical (unpaired) electrons. The summed E-state index contributed by atoms with van der Waals surface area (Å²) in [6.45, 7) is 1.14. The molecule has 0 spiro atoms. The molecule has 0 bridgehead atoms. The molecule has 3 aromatic heterocycles. The largest absolute Gasteiger partial charge is 0.472 e. The van der Waals surface area contributed by atoms with Gasteiger partial charge in [0.25, 0.3) is 5.91 Å². The van der Waals surface area contributed by atoms with E-state index in [0.29, 0.717) is 37.1 Å². The van der Waals surface area contributed by atoms with Gasteiger partial charge >= 0.3 is 5.82 Å². The van der Waals surface area contributed by atoms with Crippen molar-refractivity contribution in [2.45, 2.75) is 18.9 Å². The molecule has 0 saturated carbocycles. The number of nitrogens with zero attached hydrogens (tertiary/aromatic N) is 4. The minimum atomic E-state index is -0.431. The van der Waals surface area contributed by atoms with E-state index in [1.54, 1.807) is 35.4 Å². The third kappa shape index (κ3) is 2.87. The van der Waals surface area contributed by atoms with E-state index in [0.717, 1.165) is 0 Å². The van der Waals surface area contributed by atoms with Gasteiger partial charge in [-0.25, -0.2) is 0 Å². The number of imidazole rings is 1. The lowest BCUT2D eigenvalue weighted by atomic mass is 10.0. The van der Waals surface area contributed by atoms with Crippen LogP contribution in [0.3, 0.4) is 0 Å².